The van der Waals surface area contributed by atoms with Gasteiger partial charge in [-0.1, -0.05) is 24.3 Å². The lowest BCUT2D eigenvalue weighted by Crippen LogP contribution is -2.47. The molecule has 1 saturated heterocycles. The zero-order chi connectivity index (χ0) is 24.5. The van der Waals surface area contributed by atoms with Crippen molar-refractivity contribution >= 4 is 23.4 Å². The number of nitrogens with one attached hydrogen (secondary N) is 1. The minimum absolute atomic E-state index is 0.00679. The van der Waals surface area contributed by atoms with E-state index in [1.807, 2.05) is 47.0 Å². The molecule has 2 aromatic heterocycles. The average Bonchev–Trinajstić information content (AvgIpc) is 3.21. The van der Waals surface area contributed by atoms with Crippen molar-refractivity contribution in [1.82, 2.24) is 19.6 Å². The summed E-state index contributed by atoms with van der Waals surface area (Å²) in [6.45, 7) is 2.15. The maximum atomic E-state index is 12.0. The van der Waals surface area contributed by atoms with Gasteiger partial charge in [0.05, 0.1) is 17.9 Å². The largest absolute Gasteiger partial charge is 0.366 e. The Morgan fingerprint density at radius 2 is 1.46 bits per heavy atom. The molecule has 0 bridgehead atoms. The van der Waals surface area contributed by atoms with Crippen LogP contribution in [0.4, 0.5) is 0 Å². The maximum absolute atomic E-state index is 12.0. The highest BCUT2D eigenvalue weighted by Gasteiger charge is 2.22. The lowest BCUT2D eigenvalue weighted by molar-refractivity contribution is -0.124. The molecule has 1 aliphatic rings. The highest BCUT2D eigenvalue weighted by atomic mass is 16.2. The molecule has 0 unspecified atom stereocenters. The summed E-state index contributed by atoms with van der Waals surface area (Å²) < 4.78 is 2.03. The monoisotopic (exact) mass is 468 g/mol. The highest BCUT2D eigenvalue weighted by Crippen LogP contribution is 2.29. The summed E-state index contributed by atoms with van der Waals surface area (Å²) in [4.78, 5) is 41.9. The predicted molar refractivity (Wildman–Crippen MR) is 131 cm³/mol. The van der Waals surface area contributed by atoms with E-state index in [1.165, 1.54) is 0 Å². The normalized spacial score (nSPS) is 14.1. The number of carbonyl (C=O) groups excluding carboxylic acids is 3. The number of carbonyl (C=O) groups is 3. The molecular weight excluding hydrogens is 444 g/mol. The molecule has 3 heterocycles. The first-order chi connectivity index (χ1) is 16.9. The van der Waals surface area contributed by atoms with Crippen LogP contribution in [-0.2, 0) is 11.3 Å². The number of fused-ring (bicyclic) bond motifs is 1. The standard InChI is InChI=1S/C26H24N6O3/c27-25(34)18-5-1-16(2-6-18)20-9-10-22-30-24(17-3-7-19(8-4-17)26(28)35)21(32(22)13-20)14-31-12-11-29-23(33)15-31/h1-10,13H,11-12,14-15H2,(H2,27,34)(H2,28,35)(H,29,33). The van der Waals surface area contributed by atoms with Gasteiger partial charge in [-0.05, 0) is 47.5 Å². The summed E-state index contributed by atoms with van der Waals surface area (Å²) in [5.74, 6) is -0.966. The third-order valence-electron chi connectivity index (χ3n) is 6.15. The first-order valence-corrected chi connectivity index (χ1v) is 11.2. The number of hydrogen-bond donors (Lipinski definition) is 3. The van der Waals surface area contributed by atoms with Crippen molar-refractivity contribution in [2.45, 2.75) is 6.54 Å². The van der Waals surface area contributed by atoms with Gasteiger partial charge in [0.2, 0.25) is 17.7 Å². The SMILES string of the molecule is NC(=O)c1ccc(-c2ccc3nc(-c4ccc(C(N)=O)cc4)c(CN4CCNC(=O)C4)n3c2)cc1. The predicted octanol–water partition coefficient (Wildman–Crippen LogP) is 1.80. The average molecular weight is 469 g/mol. The number of aromatic nitrogens is 2. The Morgan fingerprint density at radius 1 is 0.857 bits per heavy atom. The number of imidazole rings is 1. The van der Waals surface area contributed by atoms with Crippen molar-refractivity contribution in [1.29, 1.82) is 0 Å². The first-order valence-electron chi connectivity index (χ1n) is 11.2. The van der Waals surface area contributed by atoms with Crippen LogP contribution in [0.1, 0.15) is 26.4 Å². The number of nitrogens with zero attached hydrogens (tertiary/aromatic N) is 3. The number of benzene rings is 2. The van der Waals surface area contributed by atoms with Gasteiger partial charge < -0.3 is 21.2 Å². The van der Waals surface area contributed by atoms with E-state index >= 15 is 0 Å². The molecule has 4 aromatic rings. The fourth-order valence-corrected chi connectivity index (χ4v) is 4.30. The van der Waals surface area contributed by atoms with E-state index in [2.05, 4.69) is 10.2 Å². The molecule has 0 spiro atoms. The van der Waals surface area contributed by atoms with Gasteiger partial charge in [0.1, 0.15) is 5.65 Å². The molecule has 35 heavy (non-hydrogen) atoms. The molecule has 3 amide bonds. The van der Waals surface area contributed by atoms with E-state index in [1.54, 1.807) is 24.3 Å². The Balaban J connectivity index is 1.60. The number of pyridine rings is 1. The third-order valence-corrected chi connectivity index (χ3v) is 6.15. The molecule has 9 heteroatoms. The fourth-order valence-electron chi connectivity index (χ4n) is 4.30. The van der Waals surface area contributed by atoms with Gasteiger partial charge in [0, 0.05) is 42.5 Å². The number of nitrogens with two attached hydrogens (primary N) is 2. The van der Waals surface area contributed by atoms with Crippen molar-refractivity contribution < 1.29 is 14.4 Å². The van der Waals surface area contributed by atoms with E-state index in [0.717, 1.165) is 40.3 Å². The number of rotatable bonds is 6. The highest BCUT2D eigenvalue weighted by molar-refractivity contribution is 5.94. The Morgan fingerprint density at radius 3 is 2.06 bits per heavy atom. The first kappa shape index (κ1) is 22.3. The minimum atomic E-state index is -0.488. The zero-order valence-electron chi connectivity index (χ0n) is 18.9. The van der Waals surface area contributed by atoms with Gasteiger partial charge in [-0.3, -0.25) is 19.3 Å². The summed E-state index contributed by atoms with van der Waals surface area (Å²) in [5, 5.41) is 2.86. The summed E-state index contributed by atoms with van der Waals surface area (Å²) in [6.07, 6.45) is 2.00. The van der Waals surface area contributed by atoms with Crippen LogP contribution in [0, 0.1) is 0 Å². The van der Waals surface area contributed by atoms with E-state index in [9.17, 15) is 14.4 Å². The second-order valence-electron chi connectivity index (χ2n) is 8.50. The lowest BCUT2D eigenvalue weighted by Gasteiger charge is -2.26. The van der Waals surface area contributed by atoms with Crippen LogP contribution in [0.3, 0.4) is 0 Å². The van der Waals surface area contributed by atoms with Gasteiger partial charge in [0.25, 0.3) is 0 Å². The zero-order valence-corrected chi connectivity index (χ0v) is 18.9. The quantitative estimate of drug-likeness (QED) is 0.396. The molecule has 0 aliphatic carbocycles. The van der Waals surface area contributed by atoms with Crippen LogP contribution in [0.2, 0.25) is 0 Å². The fraction of sp³-hybridized carbons (Fsp3) is 0.154. The van der Waals surface area contributed by atoms with Crippen molar-refractivity contribution in [3.05, 3.63) is 83.7 Å². The molecule has 0 radical (unpaired) electrons. The number of hydrogen-bond acceptors (Lipinski definition) is 5. The molecule has 1 fully saturated rings. The van der Waals surface area contributed by atoms with Crippen LogP contribution in [-0.4, -0.2) is 51.6 Å². The van der Waals surface area contributed by atoms with E-state index in [4.69, 9.17) is 16.5 Å². The molecule has 5 N–H and O–H groups in total. The number of amides is 3. The van der Waals surface area contributed by atoms with Crippen molar-refractivity contribution in [3.63, 3.8) is 0 Å². The van der Waals surface area contributed by atoms with Crippen molar-refractivity contribution in [2.75, 3.05) is 19.6 Å². The van der Waals surface area contributed by atoms with Crippen LogP contribution in [0.5, 0.6) is 0 Å². The van der Waals surface area contributed by atoms with E-state index in [0.29, 0.717) is 30.8 Å². The molecule has 1 aliphatic heterocycles. The van der Waals surface area contributed by atoms with E-state index < -0.39 is 11.8 Å². The summed E-state index contributed by atoms with van der Waals surface area (Å²) in [6, 6.07) is 18.1. The Bertz CT molecular complexity index is 1440. The molecular formula is C26H24N6O3. The molecule has 9 nitrogen and oxygen atoms in total. The van der Waals surface area contributed by atoms with Crippen LogP contribution < -0.4 is 16.8 Å². The summed E-state index contributed by atoms with van der Waals surface area (Å²) in [5.41, 5.74) is 16.8. The molecule has 5 rings (SSSR count). The molecule has 0 saturated carbocycles. The third kappa shape index (κ3) is 4.49. The van der Waals surface area contributed by atoms with Gasteiger partial charge in [0.15, 0.2) is 0 Å². The minimum Gasteiger partial charge on any atom is -0.366 e. The van der Waals surface area contributed by atoms with Gasteiger partial charge in [-0.25, -0.2) is 4.98 Å². The smallest absolute Gasteiger partial charge is 0.248 e. The molecule has 2 aromatic carbocycles. The van der Waals surface area contributed by atoms with Crippen LogP contribution in [0.25, 0.3) is 28.0 Å². The van der Waals surface area contributed by atoms with Gasteiger partial charge in [-0.15, -0.1) is 0 Å². The lowest BCUT2D eigenvalue weighted by atomic mass is 10.1. The second kappa shape index (κ2) is 9.03. The Kier molecular flexibility index (Phi) is 5.76. The molecule has 176 valence electrons. The van der Waals surface area contributed by atoms with Crippen molar-refractivity contribution in [3.8, 4) is 22.4 Å². The van der Waals surface area contributed by atoms with E-state index in [-0.39, 0.29) is 5.91 Å². The van der Waals surface area contributed by atoms with Crippen LogP contribution in [0.15, 0.2) is 66.9 Å². The Labute approximate surface area is 201 Å². The summed E-state index contributed by atoms with van der Waals surface area (Å²) >= 11 is 0. The molecule has 0 atom stereocenters. The number of primary amides is 2. The topological polar surface area (TPSA) is 136 Å². The Hall–Kier alpha value is -4.50. The van der Waals surface area contributed by atoms with Gasteiger partial charge >= 0.3 is 0 Å². The summed E-state index contributed by atoms with van der Waals surface area (Å²) in [7, 11) is 0. The number of piperazine rings is 1. The van der Waals surface area contributed by atoms with Crippen molar-refractivity contribution in [2.24, 2.45) is 11.5 Å². The van der Waals surface area contributed by atoms with Gasteiger partial charge in [-0.2, -0.15) is 0 Å². The maximum Gasteiger partial charge on any atom is 0.248 e. The van der Waals surface area contributed by atoms with Crippen LogP contribution >= 0.6 is 0 Å². The second-order valence-corrected chi connectivity index (χ2v) is 8.50.